The van der Waals surface area contributed by atoms with Crippen molar-refractivity contribution < 1.29 is 4.79 Å². The van der Waals surface area contributed by atoms with Crippen molar-refractivity contribution in [1.82, 2.24) is 5.32 Å². The van der Waals surface area contributed by atoms with Crippen LogP contribution < -0.4 is 5.32 Å². The van der Waals surface area contributed by atoms with Gasteiger partial charge in [-0.15, -0.1) is 11.6 Å². The Balaban J connectivity index is 2.61. The van der Waals surface area contributed by atoms with Crippen LogP contribution >= 0.6 is 23.2 Å². The first kappa shape index (κ1) is 14.3. The van der Waals surface area contributed by atoms with Gasteiger partial charge in [0.25, 0.3) is 5.91 Å². The maximum absolute atomic E-state index is 11.9. The molecule has 94 valence electrons. The Hall–Kier alpha value is -0.730. The van der Waals surface area contributed by atoms with Gasteiger partial charge in [-0.2, -0.15) is 0 Å². The molecule has 0 aliphatic carbocycles. The zero-order valence-electron chi connectivity index (χ0n) is 10.1. The van der Waals surface area contributed by atoms with Crippen molar-refractivity contribution in [2.75, 3.05) is 6.54 Å². The molecule has 1 N–H and O–H groups in total. The molecular weight excluding hydrogens is 257 g/mol. The zero-order chi connectivity index (χ0) is 12.8. The monoisotopic (exact) mass is 273 g/mol. The highest BCUT2D eigenvalue weighted by molar-refractivity contribution is 6.34. The van der Waals surface area contributed by atoms with Crippen molar-refractivity contribution in [2.24, 2.45) is 0 Å². The third-order valence-corrected chi connectivity index (χ3v) is 3.40. The Bertz CT molecular complexity index is 393. The summed E-state index contributed by atoms with van der Waals surface area (Å²) in [7, 11) is 0. The average molecular weight is 274 g/mol. The highest BCUT2D eigenvalue weighted by Crippen LogP contribution is 2.20. The molecule has 1 atom stereocenters. The van der Waals surface area contributed by atoms with Crippen LogP contribution in [0.1, 0.15) is 35.7 Å². The Labute approximate surface area is 112 Å². The lowest BCUT2D eigenvalue weighted by atomic mass is 10.1. The lowest BCUT2D eigenvalue weighted by molar-refractivity contribution is 0.0953. The highest BCUT2D eigenvalue weighted by Gasteiger charge is 2.12. The average Bonchev–Trinajstić information content (AvgIpc) is 2.30. The van der Waals surface area contributed by atoms with Crippen LogP contribution in [0.15, 0.2) is 18.2 Å². The second kappa shape index (κ2) is 6.87. The molecule has 0 radical (unpaired) electrons. The van der Waals surface area contributed by atoms with E-state index >= 15 is 0 Å². The van der Waals surface area contributed by atoms with E-state index in [0.29, 0.717) is 17.1 Å². The molecule has 17 heavy (non-hydrogen) atoms. The van der Waals surface area contributed by atoms with Gasteiger partial charge in [0.05, 0.1) is 16.0 Å². The normalized spacial score (nSPS) is 12.2. The van der Waals surface area contributed by atoms with Crippen LogP contribution in [-0.2, 0) is 0 Å². The summed E-state index contributed by atoms with van der Waals surface area (Å²) in [6.07, 6.45) is 1.90. The Morgan fingerprint density at radius 1 is 1.47 bits per heavy atom. The lowest BCUT2D eigenvalue weighted by Gasteiger charge is -2.11. The quantitative estimate of drug-likeness (QED) is 0.813. The van der Waals surface area contributed by atoms with Gasteiger partial charge in [-0.25, -0.2) is 0 Å². The van der Waals surface area contributed by atoms with Crippen LogP contribution in [0.25, 0.3) is 0 Å². The first-order valence-electron chi connectivity index (χ1n) is 5.73. The molecule has 0 aliphatic rings. The second-order valence-electron chi connectivity index (χ2n) is 4.03. The SMILES string of the molecule is CCCC(Cl)CNC(=O)c1cccc(C)c1Cl. The summed E-state index contributed by atoms with van der Waals surface area (Å²) in [5.74, 6) is -0.166. The van der Waals surface area contributed by atoms with Gasteiger partial charge in [0.15, 0.2) is 0 Å². The number of benzene rings is 1. The fourth-order valence-corrected chi connectivity index (χ4v) is 2.04. The first-order chi connectivity index (χ1) is 8.06. The predicted octanol–water partition coefficient (Wildman–Crippen LogP) is 3.79. The number of hydrogen-bond acceptors (Lipinski definition) is 1. The van der Waals surface area contributed by atoms with Crippen LogP contribution in [0.2, 0.25) is 5.02 Å². The van der Waals surface area contributed by atoms with Crippen molar-refractivity contribution in [1.29, 1.82) is 0 Å². The Morgan fingerprint density at radius 3 is 2.82 bits per heavy atom. The predicted molar refractivity (Wildman–Crippen MR) is 73.1 cm³/mol. The number of rotatable bonds is 5. The summed E-state index contributed by atoms with van der Waals surface area (Å²) in [6.45, 7) is 4.41. The molecule has 0 bridgehead atoms. The minimum absolute atomic E-state index is 0.0208. The molecule has 2 nitrogen and oxygen atoms in total. The maximum atomic E-state index is 11.9. The number of carbonyl (C=O) groups excluding carboxylic acids is 1. The van der Waals surface area contributed by atoms with E-state index in [0.717, 1.165) is 18.4 Å². The molecule has 1 amide bonds. The van der Waals surface area contributed by atoms with E-state index in [2.05, 4.69) is 12.2 Å². The van der Waals surface area contributed by atoms with Crippen LogP contribution in [-0.4, -0.2) is 17.8 Å². The Morgan fingerprint density at radius 2 is 2.18 bits per heavy atom. The molecule has 0 fully saturated rings. The van der Waals surface area contributed by atoms with Gasteiger partial charge in [0.2, 0.25) is 0 Å². The molecule has 1 unspecified atom stereocenters. The standard InChI is InChI=1S/C13H17Cl2NO/c1-3-5-10(14)8-16-13(17)11-7-4-6-9(2)12(11)15/h4,6-7,10H,3,5,8H2,1-2H3,(H,16,17). The molecule has 0 saturated carbocycles. The summed E-state index contributed by atoms with van der Waals surface area (Å²) in [6, 6.07) is 5.41. The third kappa shape index (κ3) is 4.21. The van der Waals surface area contributed by atoms with E-state index in [4.69, 9.17) is 23.2 Å². The smallest absolute Gasteiger partial charge is 0.252 e. The van der Waals surface area contributed by atoms with E-state index < -0.39 is 0 Å². The number of amides is 1. The van der Waals surface area contributed by atoms with E-state index in [9.17, 15) is 4.79 Å². The van der Waals surface area contributed by atoms with Gasteiger partial charge >= 0.3 is 0 Å². The van der Waals surface area contributed by atoms with E-state index in [1.165, 1.54) is 0 Å². The topological polar surface area (TPSA) is 29.1 Å². The van der Waals surface area contributed by atoms with E-state index in [1.807, 2.05) is 19.1 Å². The molecule has 1 aromatic rings. The number of aryl methyl sites for hydroxylation is 1. The number of carbonyl (C=O) groups is 1. The summed E-state index contributed by atoms with van der Waals surface area (Å²) in [5.41, 5.74) is 1.40. The highest BCUT2D eigenvalue weighted by atomic mass is 35.5. The number of hydrogen-bond donors (Lipinski definition) is 1. The molecule has 0 spiro atoms. The van der Waals surface area contributed by atoms with Crippen molar-refractivity contribution in [3.05, 3.63) is 34.3 Å². The largest absolute Gasteiger partial charge is 0.351 e. The molecule has 1 rings (SSSR count). The molecule has 0 saturated heterocycles. The van der Waals surface area contributed by atoms with Crippen LogP contribution in [0.3, 0.4) is 0 Å². The van der Waals surface area contributed by atoms with Gasteiger partial charge in [-0.3, -0.25) is 4.79 Å². The molecule has 0 aromatic heterocycles. The molecule has 0 heterocycles. The van der Waals surface area contributed by atoms with Crippen molar-refractivity contribution in [3.63, 3.8) is 0 Å². The van der Waals surface area contributed by atoms with Gasteiger partial charge in [-0.05, 0) is 25.0 Å². The minimum atomic E-state index is -0.166. The van der Waals surface area contributed by atoms with Crippen molar-refractivity contribution in [2.45, 2.75) is 32.1 Å². The summed E-state index contributed by atoms with van der Waals surface area (Å²) in [5, 5.41) is 3.28. The lowest BCUT2D eigenvalue weighted by Crippen LogP contribution is -2.30. The summed E-state index contributed by atoms with van der Waals surface area (Å²) >= 11 is 12.1. The van der Waals surface area contributed by atoms with E-state index in [1.54, 1.807) is 6.07 Å². The third-order valence-electron chi connectivity index (χ3n) is 2.52. The fourth-order valence-electron chi connectivity index (χ4n) is 1.54. The van der Waals surface area contributed by atoms with Crippen molar-refractivity contribution in [3.8, 4) is 0 Å². The van der Waals surface area contributed by atoms with Crippen LogP contribution in [0.5, 0.6) is 0 Å². The number of nitrogens with one attached hydrogen (secondary N) is 1. The van der Waals surface area contributed by atoms with Gasteiger partial charge in [0, 0.05) is 6.54 Å². The van der Waals surface area contributed by atoms with Crippen LogP contribution in [0.4, 0.5) is 0 Å². The molecular formula is C13H17Cl2NO. The molecule has 1 aromatic carbocycles. The fraction of sp³-hybridized carbons (Fsp3) is 0.462. The Kier molecular flexibility index (Phi) is 5.79. The number of halogens is 2. The number of alkyl halides is 1. The second-order valence-corrected chi connectivity index (χ2v) is 5.03. The van der Waals surface area contributed by atoms with E-state index in [-0.39, 0.29) is 11.3 Å². The first-order valence-corrected chi connectivity index (χ1v) is 6.55. The van der Waals surface area contributed by atoms with Crippen molar-refractivity contribution >= 4 is 29.1 Å². The minimum Gasteiger partial charge on any atom is -0.351 e. The van der Waals surface area contributed by atoms with Crippen LogP contribution in [0, 0.1) is 6.92 Å². The van der Waals surface area contributed by atoms with Gasteiger partial charge in [-0.1, -0.05) is 37.1 Å². The van der Waals surface area contributed by atoms with Gasteiger partial charge < -0.3 is 5.32 Å². The molecule has 0 aliphatic heterocycles. The summed E-state index contributed by atoms with van der Waals surface area (Å²) < 4.78 is 0. The molecule has 4 heteroatoms. The van der Waals surface area contributed by atoms with Gasteiger partial charge in [0.1, 0.15) is 0 Å². The summed E-state index contributed by atoms with van der Waals surface area (Å²) in [4.78, 5) is 11.9. The maximum Gasteiger partial charge on any atom is 0.252 e. The zero-order valence-corrected chi connectivity index (χ0v) is 11.6.